The van der Waals surface area contributed by atoms with Crippen molar-refractivity contribution in [2.24, 2.45) is 0 Å². The summed E-state index contributed by atoms with van der Waals surface area (Å²) in [5.74, 6) is -1.20. The standard InChI is InChI=1S/C11H10N4O4S/c16-11(17)7-3-9(15(18)19)10(13-4-7)12-2-1-8-5-20-6-14-8/h3-6H,1-2H2,(H,12,13)(H,16,17). The van der Waals surface area contributed by atoms with Gasteiger partial charge in [0.05, 0.1) is 21.7 Å². The normalized spacial score (nSPS) is 10.2. The van der Waals surface area contributed by atoms with Gasteiger partial charge in [-0.15, -0.1) is 11.3 Å². The van der Waals surface area contributed by atoms with Crippen LogP contribution in [0.15, 0.2) is 23.2 Å². The molecular weight excluding hydrogens is 284 g/mol. The van der Waals surface area contributed by atoms with Crippen molar-refractivity contribution in [3.8, 4) is 0 Å². The third-order valence-corrected chi connectivity index (χ3v) is 3.10. The van der Waals surface area contributed by atoms with Gasteiger partial charge in [-0.3, -0.25) is 10.1 Å². The molecule has 0 saturated heterocycles. The minimum Gasteiger partial charge on any atom is -0.478 e. The Balaban J connectivity index is 2.10. The van der Waals surface area contributed by atoms with Gasteiger partial charge in [0, 0.05) is 30.6 Å². The number of carbonyl (C=O) groups is 1. The lowest BCUT2D eigenvalue weighted by atomic mass is 10.2. The van der Waals surface area contributed by atoms with E-state index in [9.17, 15) is 14.9 Å². The first kappa shape index (κ1) is 13.9. The van der Waals surface area contributed by atoms with Crippen LogP contribution in [0.4, 0.5) is 11.5 Å². The molecule has 0 aromatic carbocycles. The summed E-state index contributed by atoms with van der Waals surface area (Å²) in [6.07, 6.45) is 1.68. The van der Waals surface area contributed by atoms with Gasteiger partial charge < -0.3 is 10.4 Å². The van der Waals surface area contributed by atoms with Crippen molar-refractivity contribution in [1.29, 1.82) is 0 Å². The van der Waals surface area contributed by atoms with Crippen molar-refractivity contribution in [2.75, 3.05) is 11.9 Å². The maximum absolute atomic E-state index is 10.9. The zero-order valence-corrected chi connectivity index (χ0v) is 11.0. The summed E-state index contributed by atoms with van der Waals surface area (Å²) < 4.78 is 0. The minimum absolute atomic E-state index is 0.0511. The number of nitrogens with one attached hydrogen (secondary N) is 1. The van der Waals surface area contributed by atoms with Crippen LogP contribution < -0.4 is 5.32 Å². The summed E-state index contributed by atoms with van der Waals surface area (Å²) in [6.45, 7) is 0.421. The zero-order valence-electron chi connectivity index (χ0n) is 10.1. The van der Waals surface area contributed by atoms with E-state index in [-0.39, 0.29) is 17.1 Å². The maximum Gasteiger partial charge on any atom is 0.337 e. The smallest absolute Gasteiger partial charge is 0.337 e. The fourth-order valence-corrected chi connectivity index (χ4v) is 2.11. The fourth-order valence-electron chi connectivity index (χ4n) is 1.52. The Morgan fingerprint density at radius 2 is 2.30 bits per heavy atom. The monoisotopic (exact) mass is 294 g/mol. The highest BCUT2D eigenvalue weighted by atomic mass is 32.1. The minimum atomic E-state index is -1.25. The van der Waals surface area contributed by atoms with Crippen molar-refractivity contribution in [1.82, 2.24) is 9.97 Å². The van der Waals surface area contributed by atoms with Gasteiger partial charge in [-0.05, 0) is 0 Å². The van der Waals surface area contributed by atoms with Crippen LogP contribution in [0.25, 0.3) is 0 Å². The number of pyridine rings is 1. The number of thiazole rings is 1. The molecule has 0 spiro atoms. The summed E-state index contributed by atoms with van der Waals surface area (Å²) in [7, 11) is 0. The molecule has 0 aliphatic carbocycles. The molecule has 0 aliphatic rings. The number of rotatable bonds is 6. The van der Waals surface area contributed by atoms with Crippen LogP contribution in [0.1, 0.15) is 16.1 Å². The molecular formula is C11H10N4O4S. The number of nitro groups is 1. The molecule has 0 unspecified atom stereocenters. The number of carboxylic acids is 1. The van der Waals surface area contributed by atoms with Gasteiger partial charge in [-0.1, -0.05) is 0 Å². The molecule has 2 aromatic rings. The number of hydrogen-bond acceptors (Lipinski definition) is 7. The van der Waals surface area contributed by atoms with Crippen LogP contribution in [0.3, 0.4) is 0 Å². The summed E-state index contributed by atoms with van der Waals surface area (Å²) in [6, 6.07) is 0.987. The highest BCUT2D eigenvalue weighted by molar-refractivity contribution is 7.07. The highest BCUT2D eigenvalue weighted by Crippen LogP contribution is 2.22. The second kappa shape index (κ2) is 6.06. The molecule has 20 heavy (non-hydrogen) atoms. The Morgan fingerprint density at radius 3 is 2.90 bits per heavy atom. The predicted octanol–water partition coefficient (Wildman–Crippen LogP) is 1.80. The number of hydrogen-bond donors (Lipinski definition) is 2. The van der Waals surface area contributed by atoms with Crippen LogP contribution in [0.2, 0.25) is 0 Å². The van der Waals surface area contributed by atoms with E-state index in [1.165, 1.54) is 11.3 Å². The first-order chi connectivity index (χ1) is 9.58. The first-order valence-corrected chi connectivity index (χ1v) is 6.51. The molecule has 2 aromatic heterocycles. The van der Waals surface area contributed by atoms with Crippen LogP contribution in [-0.2, 0) is 6.42 Å². The molecule has 0 atom stereocenters. The van der Waals surface area contributed by atoms with E-state index in [0.29, 0.717) is 13.0 Å². The predicted molar refractivity (Wildman–Crippen MR) is 72.2 cm³/mol. The lowest BCUT2D eigenvalue weighted by molar-refractivity contribution is -0.384. The summed E-state index contributed by atoms with van der Waals surface area (Å²) >= 11 is 1.47. The Labute approximate surface area is 117 Å². The third kappa shape index (κ3) is 3.26. The van der Waals surface area contributed by atoms with E-state index >= 15 is 0 Å². The number of nitrogens with zero attached hydrogens (tertiary/aromatic N) is 3. The number of anilines is 1. The van der Waals surface area contributed by atoms with E-state index in [1.54, 1.807) is 5.51 Å². The molecule has 2 heterocycles. The largest absolute Gasteiger partial charge is 0.478 e. The van der Waals surface area contributed by atoms with Gasteiger partial charge in [0.2, 0.25) is 5.82 Å². The highest BCUT2D eigenvalue weighted by Gasteiger charge is 2.18. The molecule has 0 amide bonds. The third-order valence-electron chi connectivity index (χ3n) is 2.47. The van der Waals surface area contributed by atoms with Crippen molar-refractivity contribution < 1.29 is 14.8 Å². The molecule has 0 bridgehead atoms. The summed E-state index contributed by atoms with van der Waals surface area (Å²) in [4.78, 5) is 28.9. The van der Waals surface area contributed by atoms with Gasteiger partial charge >= 0.3 is 11.7 Å². The topological polar surface area (TPSA) is 118 Å². The molecule has 2 N–H and O–H groups in total. The summed E-state index contributed by atoms with van der Waals surface area (Å²) in [5, 5.41) is 24.4. The van der Waals surface area contributed by atoms with Gasteiger partial charge in [0.1, 0.15) is 0 Å². The average molecular weight is 294 g/mol. The van der Waals surface area contributed by atoms with E-state index < -0.39 is 10.9 Å². The van der Waals surface area contributed by atoms with Gasteiger partial charge in [-0.25, -0.2) is 14.8 Å². The van der Waals surface area contributed by atoms with Crippen LogP contribution in [-0.4, -0.2) is 32.5 Å². The average Bonchev–Trinajstić information content (AvgIpc) is 2.91. The molecule has 104 valence electrons. The molecule has 9 heteroatoms. The molecule has 0 radical (unpaired) electrons. The first-order valence-electron chi connectivity index (χ1n) is 5.56. The number of aromatic carboxylic acids is 1. The lowest BCUT2D eigenvalue weighted by Crippen LogP contribution is -2.10. The second-order valence-corrected chi connectivity index (χ2v) is 4.53. The van der Waals surface area contributed by atoms with Crippen molar-refractivity contribution in [3.05, 3.63) is 44.5 Å². The van der Waals surface area contributed by atoms with Crippen LogP contribution >= 0.6 is 11.3 Å². The fraction of sp³-hybridized carbons (Fsp3) is 0.182. The number of aromatic nitrogens is 2. The van der Waals surface area contributed by atoms with Crippen molar-refractivity contribution >= 4 is 28.8 Å². The van der Waals surface area contributed by atoms with Crippen LogP contribution in [0.5, 0.6) is 0 Å². The molecule has 8 nitrogen and oxygen atoms in total. The Morgan fingerprint density at radius 1 is 1.50 bits per heavy atom. The van der Waals surface area contributed by atoms with Gasteiger partial charge in [-0.2, -0.15) is 0 Å². The Bertz CT molecular complexity index is 629. The van der Waals surface area contributed by atoms with E-state index in [2.05, 4.69) is 15.3 Å². The Hall–Kier alpha value is -2.55. The second-order valence-electron chi connectivity index (χ2n) is 3.81. The zero-order chi connectivity index (χ0) is 14.5. The van der Waals surface area contributed by atoms with E-state index in [1.807, 2.05) is 5.38 Å². The van der Waals surface area contributed by atoms with E-state index in [0.717, 1.165) is 18.0 Å². The number of carboxylic acid groups (broad SMARTS) is 1. The molecule has 0 fully saturated rings. The Kier molecular flexibility index (Phi) is 4.20. The van der Waals surface area contributed by atoms with Gasteiger partial charge in [0.25, 0.3) is 0 Å². The quantitative estimate of drug-likeness (QED) is 0.616. The summed E-state index contributed by atoms with van der Waals surface area (Å²) in [5.41, 5.74) is 2.01. The molecule has 0 saturated carbocycles. The maximum atomic E-state index is 10.9. The lowest BCUT2D eigenvalue weighted by Gasteiger charge is -2.05. The van der Waals surface area contributed by atoms with Gasteiger partial charge in [0.15, 0.2) is 0 Å². The SMILES string of the molecule is O=C(O)c1cnc(NCCc2cscn2)c([N+](=O)[O-])c1. The van der Waals surface area contributed by atoms with E-state index in [4.69, 9.17) is 5.11 Å². The van der Waals surface area contributed by atoms with Crippen LogP contribution in [0, 0.1) is 10.1 Å². The molecule has 0 aliphatic heterocycles. The molecule has 2 rings (SSSR count). The van der Waals surface area contributed by atoms with Crippen molar-refractivity contribution in [2.45, 2.75) is 6.42 Å². The van der Waals surface area contributed by atoms with Crippen molar-refractivity contribution in [3.63, 3.8) is 0 Å².